The highest BCUT2D eigenvalue weighted by molar-refractivity contribution is 8.00. The van der Waals surface area contributed by atoms with Crippen molar-refractivity contribution in [3.8, 4) is 0 Å². The Bertz CT molecular complexity index is 722. The van der Waals surface area contributed by atoms with Crippen LogP contribution in [0.3, 0.4) is 0 Å². The number of anilines is 2. The van der Waals surface area contributed by atoms with Gasteiger partial charge < -0.3 is 15.1 Å². The molecule has 1 heterocycles. The minimum atomic E-state index is -0.144. The average Bonchev–Trinajstić information content (AvgIpc) is 2.65. The van der Waals surface area contributed by atoms with Gasteiger partial charge in [0.1, 0.15) is 0 Å². The predicted octanol–water partition coefficient (Wildman–Crippen LogP) is 3.87. The highest BCUT2D eigenvalue weighted by Gasteiger charge is 2.16. The van der Waals surface area contributed by atoms with Crippen LogP contribution in [0, 0.1) is 6.92 Å². The normalized spacial score (nSPS) is 16.3. The summed E-state index contributed by atoms with van der Waals surface area (Å²) in [6.07, 6.45) is 0. The van der Waals surface area contributed by atoms with Crippen LogP contribution in [-0.4, -0.2) is 49.3 Å². The van der Waals surface area contributed by atoms with Gasteiger partial charge in [0.15, 0.2) is 0 Å². The Balaban J connectivity index is 1.54. The second-order valence-electron chi connectivity index (χ2n) is 6.90. The summed E-state index contributed by atoms with van der Waals surface area (Å²) in [7, 11) is 2.16. The topological polar surface area (TPSA) is 35.6 Å². The van der Waals surface area contributed by atoms with Crippen LogP contribution < -0.4 is 10.2 Å². The summed E-state index contributed by atoms with van der Waals surface area (Å²) < 4.78 is 0. The number of aryl methyl sites for hydroxylation is 1. The monoisotopic (exact) mass is 369 g/mol. The molecule has 0 unspecified atom stereocenters. The summed E-state index contributed by atoms with van der Waals surface area (Å²) in [6, 6.07) is 16.5. The minimum Gasteiger partial charge on any atom is -0.369 e. The highest BCUT2D eigenvalue weighted by atomic mass is 32.2. The molecule has 1 N–H and O–H groups in total. The summed E-state index contributed by atoms with van der Waals surface area (Å²) in [5.41, 5.74) is 3.30. The Kier molecular flexibility index (Phi) is 6.22. The predicted molar refractivity (Wildman–Crippen MR) is 111 cm³/mol. The zero-order valence-electron chi connectivity index (χ0n) is 15.7. The zero-order valence-corrected chi connectivity index (χ0v) is 16.6. The van der Waals surface area contributed by atoms with Crippen molar-refractivity contribution < 1.29 is 4.79 Å². The number of hydrogen-bond acceptors (Lipinski definition) is 4. The van der Waals surface area contributed by atoms with Crippen molar-refractivity contribution in [1.82, 2.24) is 4.90 Å². The van der Waals surface area contributed by atoms with Gasteiger partial charge in [-0.2, -0.15) is 0 Å². The van der Waals surface area contributed by atoms with Crippen LogP contribution >= 0.6 is 11.8 Å². The quantitative estimate of drug-likeness (QED) is 0.812. The SMILES string of the molecule is Cc1ccc(S[C@@H](C)C(=O)Nc2ccc(N3CCN(C)CC3)cc2)cc1. The molecule has 2 aromatic carbocycles. The third-order valence-corrected chi connectivity index (χ3v) is 5.82. The van der Waals surface area contributed by atoms with Gasteiger partial charge in [0.05, 0.1) is 5.25 Å². The molecule has 1 aliphatic heterocycles. The molecule has 1 fully saturated rings. The second-order valence-corrected chi connectivity index (χ2v) is 8.31. The number of hydrogen-bond donors (Lipinski definition) is 1. The number of carbonyl (C=O) groups is 1. The van der Waals surface area contributed by atoms with Crippen molar-refractivity contribution in [3.63, 3.8) is 0 Å². The second kappa shape index (κ2) is 8.60. The van der Waals surface area contributed by atoms with Gasteiger partial charge in [0.2, 0.25) is 5.91 Å². The average molecular weight is 370 g/mol. The molecule has 0 bridgehead atoms. The Morgan fingerprint density at radius 1 is 1.00 bits per heavy atom. The number of nitrogens with zero attached hydrogens (tertiary/aromatic N) is 2. The van der Waals surface area contributed by atoms with Gasteiger partial charge in [0.25, 0.3) is 0 Å². The molecule has 1 amide bonds. The number of amides is 1. The van der Waals surface area contributed by atoms with Crippen LogP contribution in [0.5, 0.6) is 0 Å². The van der Waals surface area contributed by atoms with Crippen molar-refractivity contribution in [2.75, 3.05) is 43.4 Å². The minimum absolute atomic E-state index is 0.0305. The van der Waals surface area contributed by atoms with Crippen LogP contribution in [0.15, 0.2) is 53.4 Å². The van der Waals surface area contributed by atoms with E-state index >= 15 is 0 Å². The van der Waals surface area contributed by atoms with Gasteiger partial charge in [-0.3, -0.25) is 4.79 Å². The number of benzene rings is 2. The molecule has 3 rings (SSSR count). The third kappa shape index (κ3) is 5.02. The number of rotatable bonds is 5. The smallest absolute Gasteiger partial charge is 0.237 e. The Morgan fingerprint density at radius 3 is 2.23 bits per heavy atom. The summed E-state index contributed by atoms with van der Waals surface area (Å²) in [5, 5.41) is 2.88. The Morgan fingerprint density at radius 2 is 1.62 bits per heavy atom. The highest BCUT2D eigenvalue weighted by Crippen LogP contribution is 2.25. The van der Waals surface area contributed by atoms with Crippen molar-refractivity contribution in [3.05, 3.63) is 54.1 Å². The molecular formula is C21H27N3OS. The molecule has 0 aliphatic carbocycles. The first-order valence-corrected chi connectivity index (χ1v) is 9.97. The van der Waals surface area contributed by atoms with Gasteiger partial charge in [-0.1, -0.05) is 17.7 Å². The lowest BCUT2D eigenvalue weighted by Gasteiger charge is -2.34. The number of carbonyl (C=O) groups excluding carboxylic acids is 1. The molecule has 26 heavy (non-hydrogen) atoms. The van der Waals surface area contributed by atoms with E-state index < -0.39 is 0 Å². The fourth-order valence-electron chi connectivity index (χ4n) is 2.94. The first-order valence-electron chi connectivity index (χ1n) is 9.09. The van der Waals surface area contributed by atoms with E-state index in [1.165, 1.54) is 11.3 Å². The first kappa shape index (κ1) is 18.8. The van der Waals surface area contributed by atoms with Crippen LogP contribution in [0.2, 0.25) is 0 Å². The van der Waals surface area contributed by atoms with Crippen molar-refractivity contribution in [2.45, 2.75) is 24.0 Å². The standard InChI is InChI=1S/C21H27N3OS/c1-16-4-10-20(11-5-16)26-17(2)21(25)22-18-6-8-19(9-7-18)24-14-12-23(3)13-15-24/h4-11,17H,12-15H2,1-3H3,(H,22,25)/t17-/m0/s1. The largest absolute Gasteiger partial charge is 0.369 e. The molecule has 0 aromatic heterocycles. The van der Waals surface area contributed by atoms with Gasteiger partial charge in [-0.25, -0.2) is 0 Å². The number of nitrogens with one attached hydrogen (secondary N) is 1. The van der Waals surface area contributed by atoms with E-state index in [2.05, 4.69) is 65.5 Å². The van der Waals surface area contributed by atoms with E-state index in [4.69, 9.17) is 0 Å². The number of likely N-dealkylation sites (N-methyl/N-ethyl adjacent to an activating group) is 1. The maximum atomic E-state index is 12.5. The summed E-state index contributed by atoms with van der Waals surface area (Å²) in [4.78, 5) is 18.3. The van der Waals surface area contributed by atoms with Crippen molar-refractivity contribution >= 4 is 29.0 Å². The van der Waals surface area contributed by atoms with Gasteiger partial charge in [-0.15, -0.1) is 11.8 Å². The van der Waals surface area contributed by atoms with Crippen LogP contribution in [0.4, 0.5) is 11.4 Å². The summed E-state index contributed by atoms with van der Waals surface area (Å²) >= 11 is 1.58. The molecule has 1 aliphatic rings. The van der Waals surface area contributed by atoms with E-state index in [0.717, 1.165) is 36.8 Å². The molecule has 1 saturated heterocycles. The fourth-order valence-corrected chi connectivity index (χ4v) is 3.81. The zero-order chi connectivity index (χ0) is 18.5. The molecule has 0 saturated carbocycles. The van der Waals surface area contributed by atoms with E-state index in [1.54, 1.807) is 11.8 Å². The van der Waals surface area contributed by atoms with Crippen LogP contribution in [0.1, 0.15) is 12.5 Å². The molecule has 0 radical (unpaired) electrons. The lowest BCUT2D eigenvalue weighted by atomic mass is 10.2. The molecule has 0 spiro atoms. The fraction of sp³-hybridized carbons (Fsp3) is 0.381. The first-order chi connectivity index (χ1) is 12.5. The van der Waals surface area contributed by atoms with Crippen molar-refractivity contribution in [1.29, 1.82) is 0 Å². The number of thioether (sulfide) groups is 1. The van der Waals surface area contributed by atoms with E-state index in [9.17, 15) is 4.79 Å². The molecule has 138 valence electrons. The van der Waals surface area contributed by atoms with Crippen molar-refractivity contribution in [2.24, 2.45) is 0 Å². The summed E-state index contributed by atoms with van der Waals surface area (Å²) in [6.45, 7) is 8.28. The lowest BCUT2D eigenvalue weighted by Crippen LogP contribution is -2.44. The molecule has 1 atom stereocenters. The maximum Gasteiger partial charge on any atom is 0.237 e. The van der Waals surface area contributed by atoms with E-state index in [0.29, 0.717) is 0 Å². The number of piperazine rings is 1. The molecule has 2 aromatic rings. The van der Waals surface area contributed by atoms with Gasteiger partial charge in [0, 0.05) is 42.4 Å². The van der Waals surface area contributed by atoms with Crippen LogP contribution in [-0.2, 0) is 4.79 Å². The molecule has 4 nitrogen and oxygen atoms in total. The van der Waals surface area contributed by atoms with Gasteiger partial charge >= 0.3 is 0 Å². The van der Waals surface area contributed by atoms with E-state index in [1.807, 2.05) is 19.1 Å². The Hall–Kier alpha value is -1.98. The third-order valence-electron chi connectivity index (χ3n) is 4.71. The van der Waals surface area contributed by atoms with Gasteiger partial charge in [-0.05, 0) is 57.3 Å². The lowest BCUT2D eigenvalue weighted by molar-refractivity contribution is -0.115. The van der Waals surface area contributed by atoms with E-state index in [-0.39, 0.29) is 11.2 Å². The molecular weight excluding hydrogens is 342 g/mol. The van der Waals surface area contributed by atoms with Crippen LogP contribution in [0.25, 0.3) is 0 Å². The Labute approximate surface area is 160 Å². The summed E-state index contributed by atoms with van der Waals surface area (Å²) in [5.74, 6) is 0.0305. The molecule has 5 heteroatoms. The maximum absolute atomic E-state index is 12.5.